The van der Waals surface area contributed by atoms with Crippen LogP contribution in [-0.4, -0.2) is 50.7 Å². The van der Waals surface area contributed by atoms with Gasteiger partial charge in [0.15, 0.2) is 0 Å². The van der Waals surface area contributed by atoms with Crippen molar-refractivity contribution in [2.24, 2.45) is 0 Å². The molecule has 1 atom stereocenters. The van der Waals surface area contributed by atoms with E-state index in [-0.39, 0.29) is 24.7 Å². The fourth-order valence-electron chi connectivity index (χ4n) is 2.31. The van der Waals surface area contributed by atoms with Gasteiger partial charge in [0.2, 0.25) is 5.91 Å². The molecule has 0 aromatic carbocycles. The van der Waals surface area contributed by atoms with Crippen molar-refractivity contribution < 1.29 is 19.2 Å². The lowest BCUT2D eigenvalue weighted by atomic mass is 10.2. The van der Waals surface area contributed by atoms with Gasteiger partial charge in [0.05, 0.1) is 11.5 Å². The number of nitrogens with zero attached hydrogens (tertiary/aromatic N) is 4. The molecule has 0 N–H and O–H groups in total. The number of esters is 1. The van der Waals surface area contributed by atoms with Crippen molar-refractivity contribution in [3.05, 3.63) is 22.5 Å². The molecule has 1 aliphatic heterocycles. The van der Waals surface area contributed by atoms with Crippen LogP contribution in [0.5, 0.6) is 0 Å². The van der Waals surface area contributed by atoms with Gasteiger partial charge in [-0.2, -0.15) is 5.10 Å². The highest BCUT2D eigenvalue weighted by atomic mass is 16.6. The molecule has 0 radical (unpaired) electrons. The quantitative estimate of drug-likeness (QED) is 0.440. The third-order valence-electron chi connectivity index (χ3n) is 3.26. The molecule has 1 unspecified atom stereocenters. The van der Waals surface area contributed by atoms with Crippen LogP contribution in [0.2, 0.25) is 0 Å². The third-order valence-corrected chi connectivity index (χ3v) is 3.26. The standard InChI is InChI=1S/C12H16N4O5/c1-2-21-12(18)10-4-3-5-15(10)11(17)8-14-7-9(6-13-14)16(19)20/h6-7,10H,2-5,8H2,1H3. The van der Waals surface area contributed by atoms with Gasteiger partial charge in [-0.25, -0.2) is 4.79 Å². The molecule has 0 bridgehead atoms. The Morgan fingerprint density at radius 3 is 2.95 bits per heavy atom. The van der Waals surface area contributed by atoms with Crippen LogP contribution >= 0.6 is 0 Å². The van der Waals surface area contributed by atoms with Gasteiger partial charge in [0.25, 0.3) is 0 Å². The number of nitro groups is 1. The molecule has 9 nitrogen and oxygen atoms in total. The molecule has 1 aliphatic rings. The molecule has 0 saturated carbocycles. The zero-order valence-electron chi connectivity index (χ0n) is 11.6. The number of carbonyl (C=O) groups excluding carboxylic acids is 2. The highest BCUT2D eigenvalue weighted by Gasteiger charge is 2.35. The van der Waals surface area contributed by atoms with Crippen molar-refractivity contribution >= 4 is 17.6 Å². The molecule has 0 spiro atoms. The number of amides is 1. The summed E-state index contributed by atoms with van der Waals surface area (Å²) < 4.78 is 6.14. The molecule has 1 amide bonds. The Morgan fingerprint density at radius 2 is 2.33 bits per heavy atom. The van der Waals surface area contributed by atoms with Crippen LogP contribution in [0.4, 0.5) is 5.69 Å². The van der Waals surface area contributed by atoms with Gasteiger partial charge >= 0.3 is 11.7 Å². The van der Waals surface area contributed by atoms with Crippen LogP contribution in [0.3, 0.4) is 0 Å². The minimum atomic E-state index is -0.578. The lowest BCUT2D eigenvalue weighted by Crippen LogP contribution is -2.43. The molecule has 114 valence electrons. The van der Waals surface area contributed by atoms with E-state index >= 15 is 0 Å². The van der Waals surface area contributed by atoms with Gasteiger partial charge in [-0.05, 0) is 19.8 Å². The number of likely N-dealkylation sites (tertiary alicyclic amines) is 1. The second-order valence-electron chi connectivity index (χ2n) is 4.65. The zero-order valence-corrected chi connectivity index (χ0v) is 11.6. The Kier molecular flexibility index (Phi) is 4.51. The maximum Gasteiger partial charge on any atom is 0.328 e. The molecule has 1 aromatic heterocycles. The van der Waals surface area contributed by atoms with Crippen LogP contribution < -0.4 is 0 Å². The molecule has 9 heteroatoms. The van der Waals surface area contributed by atoms with Crippen molar-refractivity contribution in [2.75, 3.05) is 13.2 Å². The maximum absolute atomic E-state index is 12.2. The first kappa shape index (κ1) is 14.9. The number of carbonyl (C=O) groups is 2. The zero-order chi connectivity index (χ0) is 15.4. The Hall–Kier alpha value is -2.45. The second-order valence-corrected chi connectivity index (χ2v) is 4.65. The minimum absolute atomic E-state index is 0.135. The average molecular weight is 296 g/mol. The van der Waals surface area contributed by atoms with Gasteiger partial charge in [0, 0.05) is 6.54 Å². The summed E-state index contributed by atoms with van der Waals surface area (Å²) in [6.45, 7) is 2.32. The van der Waals surface area contributed by atoms with Crippen LogP contribution in [0.15, 0.2) is 12.4 Å². The fraction of sp³-hybridized carbons (Fsp3) is 0.583. The van der Waals surface area contributed by atoms with Gasteiger partial charge in [-0.3, -0.25) is 19.6 Å². The lowest BCUT2D eigenvalue weighted by Gasteiger charge is -2.22. The van der Waals surface area contributed by atoms with E-state index in [0.717, 1.165) is 12.6 Å². The van der Waals surface area contributed by atoms with Crippen LogP contribution in [0, 0.1) is 10.1 Å². The van der Waals surface area contributed by atoms with E-state index in [4.69, 9.17) is 4.74 Å². The first-order valence-corrected chi connectivity index (χ1v) is 6.66. The molecule has 1 aromatic rings. The van der Waals surface area contributed by atoms with Gasteiger partial charge in [-0.1, -0.05) is 0 Å². The number of hydrogen-bond donors (Lipinski definition) is 0. The molecule has 21 heavy (non-hydrogen) atoms. The van der Waals surface area contributed by atoms with Crippen molar-refractivity contribution in [3.63, 3.8) is 0 Å². The van der Waals surface area contributed by atoms with Crippen LogP contribution in [0.1, 0.15) is 19.8 Å². The number of hydrogen-bond acceptors (Lipinski definition) is 6. The Balaban J connectivity index is 2.01. The molecule has 0 aliphatic carbocycles. The average Bonchev–Trinajstić information content (AvgIpc) is 3.07. The minimum Gasteiger partial charge on any atom is -0.464 e. The second kappa shape index (κ2) is 6.33. The molecular weight excluding hydrogens is 280 g/mol. The van der Waals surface area contributed by atoms with Crippen molar-refractivity contribution in [1.29, 1.82) is 0 Å². The lowest BCUT2D eigenvalue weighted by molar-refractivity contribution is -0.385. The summed E-state index contributed by atoms with van der Waals surface area (Å²) in [5.41, 5.74) is -0.175. The fourth-order valence-corrected chi connectivity index (χ4v) is 2.31. The van der Waals surface area contributed by atoms with E-state index in [9.17, 15) is 19.7 Å². The molecule has 1 saturated heterocycles. The molecule has 2 rings (SSSR count). The summed E-state index contributed by atoms with van der Waals surface area (Å²) in [6, 6.07) is -0.567. The van der Waals surface area contributed by atoms with Crippen molar-refractivity contribution in [2.45, 2.75) is 32.4 Å². The van der Waals surface area contributed by atoms with E-state index in [1.54, 1.807) is 6.92 Å². The predicted octanol–water partition coefficient (Wildman–Crippen LogP) is 0.345. The monoisotopic (exact) mass is 296 g/mol. The number of rotatable bonds is 5. The van der Waals surface area contributed by atoms with E-state index in [1.807, 2.05) is 0 Å². The normalized spacial score (nSPS) is 17.8. The van der Waals surface area contributed by atoms with Crippen molar-refractivity contribution in [3.8, 4) is 0 Å². The summed E-state index contributed by atoms with van der Waals surface area (Å²) in [7, 11) is 0. The highest BCUT2D eigenvalue weighted by molar-refractivity contribution is 5.85. The first-order valence-electron chi connectivity index (χ1n) is 6.66. The Morgan fingerprint density at radius 1 is 1.57 bits per heavy atom. The summed E-state index contributed by atoms with van der Waals surface area (Å²) >= 11 is 0. The van der Waals surface area contributed by atoms with Gasteiger partial charge < -0.3 is 9.64 Å². The van der Waals surface area contributed by atoms with Crippen LogP contribution in [0.25, 0.3) is 0 Å². The topological polar surface area (TPSA) is 108 Å². The maximum atomic E-state index is 12.2. The smallest absolute Gasteiger partial charge is 0.328 e. The Bertz CT molecular complexity index is 556. The summed E-state index contributed by atoms with van der Waals surface area (Å²) in [6.07, 6.45) is 3.58. The predicted molar refractivity (Wildman–Crippen MR) is 70.2 cm³/mol. The van der Waals surface area contributed by atoms with Crippen LogP contribution in [-0.2, 0) is 20.9 Å². The summed E-state index contributed by atoms with van der Waals surface area (Å²) in [5.74, 6) is -0.710. The van der Waals surface area contributed by atoms with Gasteiger partial charge in [0.1, 0.15) is 25.0 Å². The largest absolute Gasteiger partial charge is 0.464 e. The van der Waals surface area contributed by atoms with E-state index < -0.39 is 16.9 Å². The first-order chi connectivity index (χ1) is 10.0. The number of aromatic nitrogens is 2. The third kappa shape index (κ3) is 3.36. The summed E-state index contributed by atoms with van der Waals surface area (Å²) in [5, 5.41) is 14.3. The van der Waals surface area contributed by atoms with E-state index in [0.29, 0.717) is 13.0 Å². The van der Waals surface area contributed by atoms with E-state index in [2.05, 4.69) is 5.10 Å². The van der Waals surface area contributed by atoms with Crippen molar-refractivity contribution in [1.82, 2.24) is 14.7 Å². The van der Waals surface area contributed by atoms with E-state index in [1.165, 1.54) is 15.8 Å². The molecule has 2 heterocycles. The number of ether oxygens (including phenoxy) is 1. The molecule has 1 fully saturated rings. The summed E-state index contributed by atoms with van der Waals surface area (Å²) in [4.78, 5) is 35.4. The highest BCUT2D eigenvalue weighted by Crippen LogP contribution is 2.19. The van der Waals surface area contributed by atoms with Gasteiger partial charge in [-0.15, -0.1) is 0 Å². The molecular formula is C12H16N4O5. The SMILES string of the molecule is CCOC(=O)C1CCCN1C(=O)Cn1cc([N+](=O)[O-])cn1. The Labute approximate surface area is 120 Å².